The summed E-state index contributed by atoms with van der Waals surface area (Å²) in [4.78, 5) is 0. The van der Waals surface area contributed by atoms with Crippen LogP contribution in [0.5, 0.6) is 5.75 Å². The van der Waals surface area contributed by atoms with Crippen molar-refractivity contribution in [3.8, 4) is 5.75 Å². The van der Waals surface area contributed by atoms with Crippen molar-refractivity contribution < 1.29 is 4.74 Å². The third-order valence-corrected chi connectivity index (χ3v) is 3.77. The van der Waals surface area contributed by atoms with Crippen molar-refractivity contribution in [2.45, 2.75) is 45.1 Å². The van der Waals surface area contributed by atoms with Crippen molar-refractivity contribution in [1.29, 1.82) is 0 Å². The molecule has 1 atom stereocenters. The van der Waals surface area contributed by atoms with Gasteiger partial charge in [-0.25, -0.2) is 0 Å². The number of piperidine rings is 1. The third-order valence-electron chi connectivity index (χ3n) is 3.54. The number of benzene rings is 1. The maximum atomic E-state index is 5.99. The molecule has 0 aromatic heterocycles. The Morgan fingerprint density at radius 3 is 2.89 bits per heavy atom. The van der Waals surface area contributed by atoms with Crippen LogP contribution in [0.2, 0.25) is 5.02 Å². The fraction of sp³-hybridized carbons (Fsp3) is 0.600. The van der Waals surface area contributed by atoms with Gasteiger partial charge in [-0.15, -0.1) is 12.4 Å². The number of hydrogen-bond acceptors (Lipinski definition) is 2. The van der Waals surface area contributed by atoms with Gasteiger partial charge in [-0.1, -0.05) is 24.9 Å². The molecule has 1 aromatic rings. The number of aryl methyl sites for hydroxylation is 1. The Morgan fingerprint density at radius 1 is 1.37 bits per heavy atom. The van der Waals surface area contributed by atoms with Crippen LogP contribution in [0.25, 0.3) is 0 Å². The molecule has 1 aromatic carbocycles. The highest BCUT2D eigenvalue weighted by molar-refractivity contribution is 6.30. The van der Waals surface area contributed by atoms with E-state index in [1.54, 1.807) is 0 Å². The summed E-state index contributed by atoms with van der Waals surface area (Å²) in [5.74, 6) is 0.984. The fourth-order valence-corrected chi connectivity index (χ4v) is 2.64. The minimum absolute atomic E-state index is 0. The highest BCUT2D eigenvalue weighted by atomic mass is 35.5. The zero-order valence-electron chi connectivity index (χ0n) is 11.5. The third kappa shape index (κ3) is 5.21. The summed E-state index contributed by atoms with van der Waals surface area (Å²) in [7, 11) is 0. The zero-order chi connectivity index (χ0) is 12.8. The average molecular weight is 304 g/mol. The zero-order valence-corrected chi connectivity index (χ0v) is 13.0. The molecule has 4 heteroatoms. The van der Waals surface area contributed by atoms with E-state index in [1.807, 2.05) is 18.2 Å². The molecule has 1 aliphatic heterocycles. The van der Waals surface area contributed by atoms with Crippen molar-refractivity contribution in [3.63, 3.8) is 0 Å². The average Bonchev–Trinajstić information content (AvgIpc) is 2.41. The molecular formula is C15H23Cl2NO. The minimum atomic E-state index is 0. The van der Waals surface area contributed by atoms with Gasteiger partial charge in [-0.2, -0.15) is 0 Å². The molecule has 2 nitrogen and oxygen atoms in total. The summed E-state index contributed by atoms with van der Waals surface area (Å²) in [5.41, 5.74) is 1.19. The normalized spacial score (nSPS) is 18.7. The predicted octanol–water partition coefficient (Wildman–Crippen LogP) is 4.24. The minimum Gasteiger partial charge on any atom is -0.493 e. The quantitative estimate of drug-likeness (QED) is 0.878. The highest BCUT2D eigenvalue weighted by Gasteiger charge is 2.12. The van der Waals surface area contributed by atoms with Gasteiger partial charge in [0.05, 0.1) is 6.61 Å². The largest absolute Gasteiger partial charge is 0.493 e. The van der Waals surface area contributed by atoms with Crippen LogP contribution in [-0.4, -0.2) is 19.2 Å². The van der Waals surface area contributed by atoms with Crippen LogP contribution < -0.4 is 10.1 Å². The molecule has 0 spiro atoms. The summed E-state index contributed by atoms with van der Waals surface area (Å²) >= 11 is 5.99. The lowest BCUT2D eigenvalue weighted by molar-refractivity contribution is 0.266. The first-order valence-corrected chi connectivity index (χ1v) is 7.32. The summed E-state index contributed by atoms with van der Waals surface area (Å²) < 4.78 is 5.89. The first kappa shape index (κ1) is 16.6. The van der Waals surface area contributed by atoms with Crippen LogP contribution in [0.15, 0.2) is 18.2 Å². The Morgan fingerprint density at radius 2 is 2.21 bits per heavy atom. The number of hydrogen-bond donors (Lipinski definition) is 1. The van der Waals surface area contributed by atoms with Crippen molar-refractivity contribution in [1.82, 2.24) is 5.32 Å². The summed E-state index contributed by atoms with van der Waals surface area (Å²) in [6, 6.07) is 6.51. The van der Waals surface area contributed by atoms with Crippen LogP contribution in [0.1, 0.15) is 38.2 Å². The molecule has 108 valence electrons. The maximum Gasteiger partial charge on any atom is 0.122 e. The van der Waals surface area contributed by atoms with Gasteiger partial charge < -0.3 is 10.1 Å². The topological polar surface area (TPSA) is 21.3 Å². The van der Waals surface area contributed by atoms with Gasteiger partial charge >= 0.3 is 0 Å². The van der Waals surface area contributed by atoms with Gasteiger partial charge in [0.2, 0.25) is 0 Å². The molecule has 0 aliphatic carbocycles. The summed E-state index contributed by atoms with van der Waals surface area (Å²) in [6.45, 7) is 4.07. The number of halogens is 2. The maximum absolute atomic E-state index is 5.99. The highest BCUT2D eigenvalue weighted by Crippen LogP contribution is 2.23. The van der Waals surface area contributed by atoms with Crippen molar-refractivity contribution >= 4 is 24.0 Å². The van der Waals surface area contributed by atoms with Crippen molar-refractivity contribution in [2.75, 3.05) is 13.2 Å². The van der Waals surface area contributed by atoms with E-state index < -0.39 is 0 Å². The number of rotatable bonds is 5. The molecule has 0 bridgehead atoms. The van der Waals surface area contributed by atoms with Gasteiger partial charge in [0, 0.05) is 11.1 Å². The fourth-order valence-electron chi connectivity index (χ4n) is 2.45. The second-order valence-electron chi connectivity index (χ2n) is 4.89. The van der Waals surface area contributed by atoms with Gasteiger partial charge in [-0.3, -0.25) is 0 Å². The van der Waals surface area contributed by atoms with Crippen LogP contribution >= 0.6 is 24.0 Å². The van der Waals surface area contributed by atoms with Crippen molar-refractivity contribution in [2.24, 2.45) is 0 Å². The van der Waals surface area contributed by atoms with E-state index in [-0.39, 0.29) is 12.4 Å². The summed E-state index contributed by atoms with van der Waals surface area (Å²) in [5, 5.41) is 4.33. The second-order valence-corrected chi connectivity index (χ2v) is 5.33. The standard InChI is InChI=1S/C15H22ClNO.ClH/c1-2-12-11-13(16)6-7-15(12)18-10-8-14-5-3-4-9-17-14;/h6-7,11,14,17H,2-5,8-10H2,1H3;1H. The first-order valence-electron chi connectivity index (χ1n) is 6.94. The predicted molar refractivity (Wildman–Crippen MR) is 83.8 cm³/mol. The Kier molecular flexibility index (Phi) is 7.59. The van der Waals surface area contributed by atoms with E-state index in [0.717, 1.165) is 36.8 Å². The van der Waals surface area contributed by atoms with E-state index in [0.29, 0.717) is 6.04 Å². The molecule has 1 aliphatic rings. The molecule has 0 radical (unpaired) electrons. The molecule has 1 N–H and O–H groups in total. The molecular weight excluding hydrogens is 281 g/mol. The SMILES string of the molecule is CCc1cc(Cl)ccc1OCCC1CCCCN1.Cl. The van der Waals surface area contributed by atoms with Crippen molar-refractivity contribution in [3.05, 3.63) is 28.8 Å². The number of ether oxygens (including phenoxy) is 1. The van der Waals surface area contributed by atoms with Gasteiger partial charge in [-0.05, 0) is 56.0 Å². The van der Waals surface area contributed by atoms with E-state index in [9.17, 15) is 0 Å². The molecule has 1 heterocycles. The van der Waals surface area contributed by atoms with Crippen LogP contribution in [-0.2, 0) is 6.42 Å². The molecule has 19 heavy (non-hydrogen) atoms. The lowest BCUT2D eigenvalue weighted by atomic mass is 10.0. The van der Waals surface area contributed by atoms with E-state index in [2.05, 4.69) is 12.2 Å². The monoisotopic (exact) mass is 303 g/mol. The van der Waals surface area contributed by atoms with E-state index in [4.69, 9.17) is 16.3 Å². The lowest BCUT2D eigenvalue weighted by Gasteiger charge is -2.23. The van der Waals surface area contributed by atoms with Gasteiger partial charge in [0.15, 0.2) is 0 Å². The van der Waals surface area contributed by atoms with Crippen LogP contribution in [0, 0.1) is 0 Å². The first-order chi connectivity index (χ1) is 8.79. The number of nitrogens with one attached hydrogen (secondary N) is 1. The Labute approximate surface area is 127 Å². The van der Waals surface area contributed by atoms with Crippen LogP contribution in [0.3, 0.4) is 0 Å². The van der Waals surface area contributed by atoms with E-state index in [1.165, 1.54) is 24.8 Å². The van der Waals surface area contributed by atoms with Gasteiger partial charge in [0.1, 0.15) is 5.75 Å². The smallest absolute Gasteiger partial charge is 0.122 e. The Balaban J connectivity index is 0.00000180. The van der Waals surface area contributed by atoms with E-state index >= 15 is 0 Å². The molecule has 0 amide bonds. The molecule has 1 saturated heterocycles. The summed E-state index contributed by atoms with van der Waals surface area (Å²) in [6.07, 6.45) is 5.99. The Bertz CT molecular complexity index is 378. The molecule has 2 rings (SSSR count). The van der Waals surface area contributed by atoms with Gasteiger partial charge in [0.25, 0.3) is 0 Å². The molecule has 1 fully saturated rings. The lowest BCUT2D eigenvalue weighted by Crippen LogP contribution is -2.35. The van der Waals surface area contributed by atoms with Crippen LogP contribution in [0.4, 0.5) is 0 Å². The Hall–Kier alpha value is -0.440. The molecule has 1 unspecified atom stereocenters. The molecule has 0 saturated carbocycles. The second kappa shape index (κ2) is 8.68.